The molecule has 6 heteroatoms. The Balaban J connectivity index is 1.71. The predicted molar refractivity (Wildman–Crippen MR) is 82.3 cm³/mol. The van der Waals surface area contributed by atoms with Gasteiger partial charge in [-0.05, 0) is 24.6 Å². The van der Waals surface area contributed by atoms with Crippen LogP contribution < -0.4 is 0 Å². The molecule has 0 bridgehead atoms. The third-order valence-corrected chi connectivity index (χ3v) is 4.08. The van der Waals surface area contributed by atoms with Crippen molar-refractivity contribution < 1.29 is 19.5 Å². The van der Waals surface area contributed by atoms with Gasteiger partial charge in [0.25, 0.3) is 5.91 Å². The molecule has 1 aliphatic rings. The van der Waals surface area contributed by atoms with Crippen LogP contribution in [-0.4, -0.2) is 45.7 Å². The Morgan fingerprint density at radius 2 is 1.74 bits per heavy atom. The zero-order valence-electron chi connectivity index (χ0n) is 12.4. The lowest BCUT2D eigenvalue weighted by Crippen LogP contribution is -2.29. The van der Waals surface area contributed by atoms with Crippen molar-refractivity contribution in [2.45, 2.75) is 6.42 Å². The molecule has 0 unspecified atom stereocenters. The first-order valence-corrected chi connectivity index (χ1v) is 7.36. The molecule has 2 N–H and O–H groups in total. The molecular weight excluding hydrogens is 296 g/mol. The van der Waals surface area contributed by atoms with Gasteiger partial charge in [-0.15, -0.1) is 0 Å². The quantitative estimate of drug-likeness (QED) is 0.842. The molecule has 1 saturated heterocycles. The van der Waals surface area contributed by atoms with Crippen LogP contribution in [0.1, 0.15) is 32.7 Å². The first-order chi connectivity index (χ1) is 11.1. The van der Waals surface area contributed by atoms with Gasteiger partial charge in [0, 0.05) is 42.2 Å². The number of carbonyl (C=O) groups excluding carboxylic acids is 2. The number of carboxylic acids is 1. The molecule has 1 atom stereocenters. The normalized spacial score (nSPS) is 17.2. The lowest BCUT2D eigenvalue weighted by Gasteiger charge is -2.15. The fraction of sp³-hybridized carbons (Fsp3) is 0.235. The molecule has 1 amide bonds. The van der Waals surface area contributed by atoms with Gasteiger partial charge in [0.05, 0.1) is 5.92 Å². The Morgan fingerprint density at radius 3 is 2.30 bits per heavy atom. The molecular formula is C17H16N2O4. The van der Waals surface area contributed by atoms with Crippen molar-refractivity contribution in [2.24, 2.45) is 5.92 Å². The minimum atomic E-state index is -0.868. The van der Waals surface area contributed by atoms with Crippen LogP contribution in [0.25, 0.3) is 0 Å². The van der Waals surface area contributed by atoms with Crippen molar-refractivity contribution in [1.29, 1.82) is 0 Å². The number of hydrogen-bond acceptors (Lipinski definition) is 3. The van der Waals surface area contributed by atoms with E-state index >= 15 is 0 Å². The molecule has 0 saturated carbocycles. The molecule has 1 aliphatic heterocycles. The number of likely N-dealkylation sites (tertiary alicyclic amines) is 1. The van der Waals surface area contributed by atoms with Crippen LogP contribution >= 0.6 is 0 Å². The van der Waals surface area contributed by atoms with E-state index in [9.17, 15) is 14.4 Å². The number of aromatic nitrogens is 1. The number of aliphatic carboxylic acids is 1. The maximum Gasteiger partial charge on any atom is 0.308 e. The number of carboxylic acid groups (broad SMARTS) is 1. The van der Waals surface area contributed by atoms with Crippen LogP contribution in [0.2, 0.25) is 0 Å². The Hall–Kier alpha value is -2.89. The standard InChI is InChI=1S/C17H16N2O4/c20-15(13-5-7-18-9-13)11-1-3-12(4-2-11)16(21)19-8-6-14(10-19)17(22)23/h1-5,7,9,14,18H,6,8,10H2,(H,22,23)/t14-/m0/s1. The van der Waals surface area contributed by atoms with Crippen LogP contribution in [0.4, 0.5) is 0 Å². The molecule has 3 rings (SSSR count). The van der Waals surface area contributed by atoms with Crippen LogP contribution in [0.5, 0.6) is 0 Å². The van der Waals surface area contributed by atoms with E-state index in [0.29, 0.717) is 29.7 Å². The number of nitrogens with one attached hydrogen (secondary N) is 1. The number of rotatable bonds is 4. The topological polar surface area (TPSA) is 90.5 Å². The molecule has 6 nitrogen and oxygen atoms in total. The number of benzene rings is 1. The van der Waals surface area contributed by atoms with Gasteiger partial charge in [0.1, 0.15) is 0 Å². The number of carbonyl (C=O) groups is 3. The van der Waals surface area contributed by atoms with Gasteiger partial charge in [-0.25, -0.2) is 0 Å². The third-order valence-electron chi connectivity index (χ3n) is 4.08. The van der Waals surface area contributed by atoms with E-state index in [4.69, 9.17) is 5.11 Å². The van der Waals surface area contributed by atoms with Crippen molar-refractivity contribution in [2.75, 3.05) is 13.1 Å². The highest BCUT2D eigenvalue weighted by molar-refractivity contribution is 6.09. The van der Waals surface area contributed by atoms with Gasteiger partial charge in [-0.3, -0.25) is 14.4 Å². The Morgan fingerprint density at radius 1 is 1.04 bits per heavy atom. The van der Waals surface area contributed by atoms with Gasteiger partial charge in [0.15, 0.2) is 5.78 Å². The molecule has 2 aromatic rings. The molecule has 2 heterocycles. The summed E-state index contributed by atoms with van der Waals surface area (Å²) in [5.41, 5.74) is 1.53. The molecule has 0 spiro atoms. The highest BCUT2D eigenvalue weighted by Crippen LogP contribution is 2.19. The highest BCUT2D eigenvalue weighted by Gasteiger charge is 2.31. The summed E-state index contributed by atoms with van der Waals surface area (Å²) < 4.78 is 0. The van der Waals surface area contributed by atoms with Crippen LogP contribution in [0, 0.1) is 5.92 Å². The zero-order chi connectivity index (χ0) is 16.4. The second kappa shape index (κ2) is 6.08. The fourth-order valence-electron chi connectivity index (χ4n) is 2.72. The molecule has 1 fully saturated rings. The van der Waals surface area contributed by atoms with E-state index in [1.54, 1.807) is 47.6 Å². The van der Waals surface area contributed by atoms with Crippen molar-refractivity contribution in [3.8, 4) is 0 Å². The fourth-order valence-corrected chi connectivity index (χ4v) is 2.72. The van der Waals surface area contributed by atoms with Crippen molar-refractivity contribution in [3.05, 3.63) is 59.4 Å². The van der Waals surface area contributed by atoms with Gasteiger partial charge < -0.3 is 15.0 Å². The van der Waals surface area contributed by atoms with Crippen molar-refractivity contribution in [3.63, 3.8) is 0 Å². The van der Waals surface area contributed by atoms with E-state index < -0.39 is 11.9 Å². The lowest BCUT2D eigenvalue weighted by molar-refractivity contribution is -0.141. The predicted octanol–water partition coefficient (Wildman–Crippen LogP) is 1.79. The molecule has 0 radical (unpaired) electrons. The van der Waals surface area contributed by atoms with Crippen molar-refractivity contribution in [1.82, 2.24) is 9.88 Å². The van der Waals surface area contributed by atoms with Gasteiger partial charge in [-0.1, -0.05) is 12.1 Å². The average molecular weight is 312 g/mol. The number of aromatic amines is 1. The van der Waals surface area contributed by atoms with Crippen molar-refractivity contribution >= 4 is 17.7 Å². The minimum absolute atomic E-state index is 0.114. The Bertz CT molecular complexity index is 734. The largest absolute Gasteiger partial charge is 0.481 e. The molecule has 1 aromatic carbocycles. The number of nitrogens with zero attached hydrogens (tertiary/aromatic N) is 1. The number of H-pyrrole nitrogens is 1. The minimum Gasteiger partial charge on any atom is -0.481 e. The van der Waals surface area contributed by atoms with Crippen LogP contribution in [0.3, 0.4) is 0 Å². The number of amides is 1. The SMILES string of the molecule is O=C(c1ccc(C(=O)N2CC[C@H](C(=O)O)C2)cc1)c1cc[nH]c1. The molecule has 0 aliphatic carbocycles. The first kappa shape index (κ1) is 15.0. The van der Waals surface area contributed by atoms with E-state index in [1.807, 2.05) is 0 Å². The average Bonchev–Trinajstić information content (AvgIpc) is 3.25. The summed E-state index contributed by atoms with van der Waals surface area (Å²) >= 11 is 0. The smallest absolute Gasteiger partial charge is 0.308 e. The second-order valence-corrected chi connectivity index (χ2v) is 5.58. The van der Waals surface area contributed by atoms with Crippen LogP contribution in [0.15, 0.2) is 42.7 Å². The monoisotopic (exact) mass is 312 g/mol. The summed E-state index contributed by atoms with van der Waals surface area (Å²) in [5.74, 6) is -1.67. The van der Waals surface area contributed by atoms with Gasteiger partial charge in [-0.2, -0.15) is 0 Å². The molecule has 23 heavy (non-hydrogen) atoms. The summed E-state index contributed by atoms with van der Waals surface area (Å²) in [6.45, 7) is 0.679. The third kappa shape index (κ3) is 3.01. The maximum absolute atomic E-state index is 12.4. The highest BCUT2D eigenvalue weighted by atomic mass is 16.4. The Kier molecular flexibility index (Phi) is 3.97. The van der Waals surface area contributed by atoms with E-state index in [-0.39, 0.29) is 18.2 Å². The molecule has 1 aromatic heterocycles. The van der Waals surface area contributed by atoms with Gasteiger partial charge >= 0.3 is 5.97 Å². The first-order valence-electron chi connectivity index (χ1n) is 7.36. The van der Waals surface area contributed by atoms with E-state index in [2.05, 4.69) is 4.98 Å². The van der Waals surface area contributed by atoms with Crippen LogP contribution in [-0.2, 0) is 4.79 Å². The summed E-state index contributed by atoms with van der Waals surface area (Å²) in [6, 6.07) is 8.14. The van der Waals surface area contributed by atoms with E-state index in [0.717, 1.165) is 0 Å². The maximum atomic E-state index is 12.4. The second-order valence-electron chi connectivity index (χ2n) is 5.58. The molecule has 118 valence electrons. The summed E-state index contributed by atoms with van der Waals surface area (Å²) in [7, 11) is 0. The van der Waals surface area contributed by atoms with Gasteiger partial charge in [0.2, 0.25) is 0 Å². The summed E-state index contributed by atoms with van der Waals surface area (Å²) in [4.78, 5) is 39.9. The van der Waals surface area contributed by atoms with E-state index in [1.165, 1.54) is 0 Å². The summed E-state index contributed by atoms with van der Waals surface area (Å²) in [5, 5.41) is 8.99. The lowest BCUT2D eigenvalue weighted by atomic mass is 10.0. The Labute approximate surface area is 132 Å². The zero-order valence-corrected chi connectivity index (χ0v) is 12.4. The summed E-state index contributed by atoms with van der Waals surface area (Å²) in [6.07, 6.45) is 3.78. The number of ketones is 1. The number of hydrogen-bond donors (Lipinski definition) is 2.